The third kappa shape index (κ3) is 3.33. The topological polar surface area (TPSA) is 72.1 Å². The molecule has 0 spiro atoms. The summed E-state index contributed by atoms with van der Waals surface area (Å²) in [5, 5.41) is 0. The van der Waals surface area contributed by atoms with Gasteiger partial charge in [-0.1, -0.05) is 25.2 Å². The molecule has 110 valence electrons. The first-order valence-electron chi connectivity index (χ1n) is 6.83. The maximum absolute atomic E-state index is 12.7. The van der Waals surface area contributed by atoms with Crippen molar-refractivity contribution in [2.24, 2.45) is 11.7 Å². The van der Waals surface area contributed by atoms with Gasteiger partial charge in [-0.3, -0.25) is 14.8 Å². The summed E-state index contributed by atoms with van der Waals surface area (Å²) >= 11 is 4.98. The highest BCUT2D eigenvalue weighted by Crippen LogP contribution is 2.16. The highest BCUT2D eigenvalue weighted by Gasteiger charge is 2.20. The van der Waals surface area contributed by atoms with Crippen molar-refractivity contribution in [3.63, 3.8) is 0 Å². The molecule has 0 saturated heterocycles. The molecule has 2 N–H and O–H groups in total. The molecule has 0 aliphatic heterocycles. The van der Waals surface area contributed by atoms with E-state index in [9.17, 15) is 4.79 Å². The largest absolute Gasteiger partial charge is 0.393 e. The van der Waals surface area contributed by atoms with Crippen molar-refractivity contribution in [3.8, 4) is 0 Å². The SMILES string of the molecule is CCN(CC(C)C(N)=S)C(=O)c1cccc2nccnc12. The van der Waals surface area contributed by atoms with E-state index in [1.807, 2.05) is 26.0 Å². The molecule has 0 radical (unpaired) electrons. The van der Waals surface area contributed by atoms with Crippen LogP contribution in [-0.2, 0) is 0 Å². The Kier molecular flexibility index (Phi) is 4.80. The van der Waals surface area contributed by atoms with Crippen LogP contribution in [0.1, 0.15) is 24.2 Å². The molecule has 0 aliphatic carbocycles. The number of rotatable bonds is 5. The van der Waals surface area contributed by atoms with Gasteiger partial charge in [0.2, 0.25) is 0 Å². The van der Waals surface area contributed by atoms with E-state index >= 15 is 0 Å². The average Bonchev–Trinajstić information content (AvgIpc) is 2.51. The van der Waals surface area contributed by atoms with Crippen molar-refractivity contribution in [1.29, 1.82) is 0 Å². The Morgan fingerprint density at radius 3 is 2.76 bits per heavy atom. The standard InChI is InChI=1S/C15H18N4OS/c1-3-19(9-10(2)14(16)21)15(20)11-5-4-6-12-13(11)18-8-7-17-12/h4-8,10H,3,9H2,1-2H3,(H2,16,21). The van der Waals surface area contributed by atoms with Gasteiger partial charge < -0.3 is 10.6 Å². The fraction of sp³-hybridized carbons (Fsp3) is 0.333. The fourth-order valence-corrected chi connectivity index (χ4v) is 2.19. The van der Waals surface area contributed by atoms with Crippen LogP contribution in [-0.4, -0.2) is 38.9 Å². The number of amides is 1. The second-order valence-corrected chi connectivity index (χ2v) is 5.35. The molecule has 0 bridgehead atoms. The van der Waals surface area contributed by atoms with Gasteiger partial charge in [0.1, 0.15) is 5.52 Å². The zero-order valence-electron chi connectivity index (χ0n) is 12.1. The first-order chi connectivity index (χ1) is 10.0. The maximum atomic E-state index is 12.7. The van der Waals surface area contributed by atoms with Crippen molar-refractivity contribution < 1.29 is 4.79 Å². The molecule has 1 heterocycles. The average molecular weight is 302 g/mol. The second-order valence-electron chi connectivity index (χ2n) is 4.88. The molecule has 1 aromatic heterocycles. The lowest BCUT2D eigenvalue weighted by Crippen LogP contribution is -2.38. The van der Waals surface area contributed by atoms with Crippen LogP contribution in [0.4, 0.5) is 0 Å². The first-order valence-corrected chi connectivity index (χ1v) is 7.23. The highest BCUT2D eigenvalue weighted by molar-refractivity contribution is 7.80. The normalized spacial score (nSPS) is 12.1. The minimum absolute atomic E-state index is 0.0232. The molecule has 6 heteroatoms. The van der Waals surface area contributed by atoms with Gasteiger partial charge in [-0.25, -0.2) is 0 Å². The lowest BCUT2D eigenvalue weighted by Gasteiger charge is -2.24. The molecule has 5 nitrogen and oxygen atoms in total. The molecule has 2 aromatic rings. The molecule has 1 amide bonds. The number of nitrogens with zero attached hydrogens (tertiary/aromatic N) is 3. The van der Waals surface area contributed by atoms with Gasteiger partial charge in [0, 0.05) is 31.4 Å². The van der Waals surface area contributed by atoms with Crippen molar-refractivity contribution in [1.82, 2.24) is 14.9 Å². The Balaban J connectivity index is 2.34. The van der Waals surface area contributed by atoms with Crippen LogP contribution in [0.25, 0.3) is 11.0 Å². The molecular weight excluding hydrogens is 284 g/mol. The Bertz CT molecular complexity index is 668. The Labute approximate surface area is 129 Å². The van der Waals surface area contributed by atoms with E-state index in [0.717, 1.165) is 0 Å². The Morgan fingerprint density at radius 1 is 1.38 bits per heavy atom. The van der Waals surface area contributed by atoms with E-state index in [1.165, 1.54) is 0 Å². The summed E-state index contributed by atoms with van der Waals surface area (Å²) < 4.78 is 0. The summed E-state index contributed by atoms with van der Waals surface area (Å²) in [5.74, 6) is -0.100. The summed E-state index contributed by atoms with van der Waals surface area (Å²) in [6, 6.07) is 5.43. The molecule has 1 unspecified atom stereocenters. The molecule has 0 aliphatic rings. The molecule has 0 fully saturated rings. The third-order valence-corrected chi connectivity index (χ3v) is 3.78. The van der Waals surface area contributed by atoms with E-state index in [1.54, 1.807) is 23.4 Å². The summed E-state index contributed by atoms with van der Waals surface area (Å²) in [6.45, 7) is 4.94. The summed E-state index contributed by atoms with van der Waals surface area (Å²) in [4.78, 5) is 23.4. The van der Waals surface area contributed by atoms with Gasteiger partial charge in [-0.2, -0.15) is 0 Å². The van der Waals surface area contributed by atoms with Gasteiger partial charge in [0.15, 0.2) is 0 Å². The molecule has 21 heavy (non-hydrogen) atoms. The number of hydrogen-bond acceptors (Lipinski definition) is 4. The molecular formula is C15H18N4OS. The second kappa shape index (κ2) is 6.58. The summed E-state index contributed by atoms with van der Waals surface area (Å²) in [6.07, 6.45) is 3.20. The third-order valence-electron chi connectivity index (χ3n) is 3.38. The quantitative estimate of drug-likeness (QED) is 0.855. The van der Waals surface area contributed by atoms with E-state index in [4.69, 9.17) is 18.0 Å². The van der Waals surface area contributed by atoms with Gasteiger partial charge in [0.05, 0.1) is 16.1 Å². The molecule has 1 aromatic carbocycles. The number of nitrogens with two attached hydrogens (primary N) is 1. The number of carbonyl (C=O) groups is 1. The van der Waals surface area contributed by atoms with E-state index in [-0.39, 0.29) is 11.8 Å². The number of benzene rings is 1. The fourth-order valence-electron chi connectivity index (χ4n) is 2.11. The number of hydrogen-bond donors (Lipinski definition) is 1. The van der Waals surface area contributed by atoms with Crippen molar-refractivity contribution >= 4 is 34.1 Å². The summed E-state index contributed by atoms with van der Waals surface area (Å²) in [7, 11) is 0. The van der Waals surface area contributed by atoms with Crippen LogP contribution in [0.3, 0.4) is 0 Å². The zero-order chi connectivity index (χ0) is 15.4. The van der Waals surface area contributed by atoms with Crippen LogP contribution in [0, 0.1) is 5.92 Å². The van der Waals surface area contributed by atoms with Crippen molar-refractivity contribution in [3.05, 3.63) is 36.2 Å². The minimum atomic E-state index is -0.0771. The van der Waals surface area contributed by atoms with Crippen LogP contribution < -0.4 is 5.73 Å². The smallest absolute Gasteiger partial charge is 0.256 e. The highest BCUT2D eigenvalue weighted by atomic mass is 32.1. The monoisotopic (exact) mass is 302 g/mol. The van der Waals surface area contributed by atoms with Crippen LogP contribution in [0.5, 0.6) is 0 Å². The lowest BCUT2D eigenvalue weighted by atomic mass is 10.1. The predicted octanol–water partition coefficient (Wildman–Crippen LogP) is 2.01. The number of carbonyl (C=O) groups excluding carboxylic acids is 1. The van der Waals surface area contributed by atoms with Gasteiger partial charge >= 0.3 is 0 Å². The lowest BCUT2D eigenvalue weighted by molar-refractivity contribution is 0.0756. The van der Waals surface area contributed by atoms with Crippen LogP contribution in [0.2, 0.25) is 0 Å². The van der Waals surface area contributed by atoms with Crippen LogP contribution in [0.15, 0.2) is 30.6 Å². The van der Waals surface area contributed by atoms with Crippen molar-refractivity contribution in [2.75, 3.05) is 13.1 Å². The number of thiocarbonyl (C=S) groups is 1. The predicted molar refractivity (Wildman–Crippen MR) is 87.1 cm³/mol. The number of para-hydroxylation sites is 1. The van der Waals surface area contributed by atoms with E-state index < -0.39 is 0 Å². The summed E-state index contributed by atoms with van der Waals surface area (Å²) in [5.41, 5.74) is 7.52. The van der Waals surface area contributed by atoms with Gasteiger partial charge in [-0.15, -0.1) is 0 Å². The van der Waals surface area contributed by atoms with E-state index in [2.05, 4.69) is 9.97 Å². The minimum Gasteiger partial charge on any atom is -0.393 e. The molecule has 2 rings (SSSR count). The Morgan fingerprint density at radius 2 is 2.10 bits per heavy atom. The van der Waals surface area contributed by atoms with Crippen molar-refractivity contribution in [2.45, 2.75) is 13.8 Å². The number of aromatic nitrogens is 2. The first kappa shape index (κ1) is 15.3. The molecule has 1 atom stereocenters. The maximum Gasteiger partial charge on any atom is 0.256 e. The molecule has 0 saturated carbocycles. The zero-order valence-corrected chi connectivity index (χ0v) is 12.9. The van der Waals surface area contributed by atoms with Crippen LogP contribution >= 0.6 is 12.2 Å². The Hall–Kier alpha value is -2.08. The van der Waals surface area contributed by atoms with Gasteiger partial charge in [-0.05, 0) is 19.1 Å². The van der Waals surface area contributed by atoms with Gasteiger partial charge in [0.25, 0.3) is 5.91 Å². The van der Waals surface area contributed by atoms with E-state index in [0.29, 0.717) is 34.7 Å². The number of fused-ring (bicyclic) bond motifs is 1.